The van der Waals surface area contributed by atoms with Crippen LogP contribution in [-0.4, -0.2) is 18.0 Å². The number of benzene rings is 9. The molecular formula is C84H84B2N2O2. The average Bonchev–Trinajstić information content (AvgIpc) is 1.18. The van der Waals surface area contributed by atoms with Crippen molar-refractivity contribution in [2.24, 2.45) is 0 Å². The van der Waals surface area contributed by atoms with Gasteiger partial charge in [0.2, 0.25) is 0 Å². The van der Waals surface area contributed by atoms with Crippen molar-refractivity contribution in [2.45, 2.75) is 192 Å². The Morgan fingerprint density at radius 3 is 1.34 bits per heavy atom. The van der Waals surface area contributed by atoms with E-state index in [-0.39, 0.29) is 13.4 Å². The Hall–Kier alpha value is -7.69. The van der Waals surface area contributed by atoms with Crippen LogP contribution in [0.25, 0.3) is 49.7 Å². The average molecular weight is 1180 g/mol. The molecule has 1 aromatic heterocycles. The summed E-state index contributed by atoms with van der Waals surface area (Å²) in [5.74, 6) is 7.01. The van der Waals surface area contributed by atoms with Gasteiger partial charge in [0.25, 0.3) is 13.4 Å². The molecule has 0 radical (unpaired) electrons. The molecule has 4 nitrogen and oxygen atoms in total. The van der Waals surface area contributed by atoms with Crippen molar-refractivity contribution in [3.05, 3.63) is 191 Å². The Morgan fingerprint density at radius 1 is 0.367 bits per heavy atom. The summed E-state index contributed by atoms with van der Waals surface area (Å²) in [6, 6.07) is 63.7. The molecule has 18 rings (SSSR count). The van der Waals surface area contributed by atoms with Gasteiger partial charge in [0.15, 0.2) is 0 Å². The van der Waals surface area contributed by atoms with Crippen molar-refractivity contribution in [3.8, 4) is 50.9 Å². The van der Waals surface area contributed by atoms with Crippen LogP contribution in [-0.2, 0) is 0 Å². The summed E-state index contributed by atoms with van der Waals surface area (Å²) < 4.78 is 18.9. The molecule has 0 unspecified atom stereocenters. The fraction of sp³-hybridized carbons (Fsp3) is 0.357. The zero-order valence-corrected chi connectivity index (χ0v) is 53.5. The van der Waals surface area contributed by atoms with Crippen molar-refractivity contribution >= 4 is 85.1 Å². The quantitative estimate of drug-likeness (QED) is 0.135. The molecule has 4 aliphatic heterocycles. The number of hydrogen-bond donors (Lipinski definition) is 0. The summed E-state index contributed by atoms with van der Waals surface area (Å²) in [5, 5.41) is 2.78. The number of rotatable bonds is 9. The molecule has 6 heteroatoms. The van der Waals surface area contributed by atoms with Gasteiger partial charge in [-0.25, -0.2) is 0 Å². The van der Waals surface area contributed by atoms with Gasteiger partial charge < -0.3 is 18.9 Å². The topological polar surface area (TPSA) is 26.6 Å². The van der Waals surface area contributed by atoms with Gasteiger partial charge in [-0.05, 0) is 213 Å². The Balaban J connectivity index is 0.956. The molecule has 4 aliphatic carbocycles. The predicted molar refractivity (Wildman–Crippen MR) is 380 cm³/mol. The molecule has 0 amide bonds. The third-order valence-electron chi connectivity index (χ3n) is 23.7. The lowest BCUT2D eigenvalue weighted by Crippen LogP contribution is -2.63. The molecule has 0 saturated heterocycles. The van der Waals surface area contributed by atoms with Crippen LogP contribution in [0.2, 0.25) is 0 Å². The molecule has 4 saturated carbocycles. The van der Waals surface area contributed by atoms with Crippen LogP contribution < -0.4 is 47.2 Å². The van der Waals surface area contributed by atoms with Gasteiger partial charge in [0.1, 0.15) is 23.0 Å². The number of hydrogen-bond acceptors (Lipinski definition) is 3. The molecule has 5 heterocycles. The number of aromatic nitrogens is 1. The Kier molecular flexibility index (Phi) is 13.5. The number of nitrogens with zero attached hydrogens (tertiary/aromatic N) is 2. The first-order valence-electron chi connectivity index (χ1n) is 35.5. The van der Waals surface area contributed by atoms with Crippen LogP contribution in [0.1, 0.15) is 225 Å². The summed E-state index contributed by atoms with van der Waals surface area (Å²) in [7, 11) is 0. The van der Waals surface area contributed by atoms with Gasteiger partial charge >= 0.3 is 0 Å². The summed E-state index contributed by atoms with van der Waals surface area (Å²) in [6.07, 6.45) is 25.8. The fourth-order valence-corrected chi connectivity index (χ4v) is 18.7. The van der Waals surface area contributed by atoms with Gasteiger partial charge in [0, 0.05) is 38.6 Å². The van der Waals surface area contributed by atoms with E-state index < -0.39 is 0 Å². The van der Waals surface area contributed by atoms with E-state index in [4.69, 9.17) is 9.47 Å². The van der Waals surface area contributed by atoms with E-state index >= 15 is 0 Å². The van der Waals surface area contributed by atoms with Crippen LogP contribution in [0.15, 0.2) is 158 Å². The standard InChI is InChI=1S/C84H84B2N2O2/c1-51(2)53-25-29-60(30-26-53)64-37-43-76-71(48-64)85-70-47-63(57-21-13-7-14-22-57)36-42-75(70)87(67-39-33-59(34-40-67)55-17-9-5-10-18-55)81-78(85)84(90-76)82-79-83(81)89-77-44-38-65(61-31-27-54(28-32-61)52(3)4)49-72(77)86(79)73-50-66(58-23-15-8-16-24-58)46-69-68-45-62(56-19-11-6-12-20-56)35-41-74(68)88(82)80(69)73/h25-52,55-58H,5-24H2,1-4H3. The van der Waals surface area contributed by atoms with E-state index in [9.17, 15) is 0 Å². The van der Waals surface area contributed by atoms with Gasteiger partial charge in [-0.3, -0.25) is 0 Å². The lowest BCUT2D eigenvalue weighted by atomic mass is 9.31. The maximum absolute atomic E-state index is 8.09. The highest BCUT2D eigenvalue weighted by Gasteiger charge is 2.52. The summed E-state index contributed by atoms with van der Waals surface area (Å²) in [4.78, 5) is 2.65. The molecule has 0 spiro atoms. The minimum absolute atomic E-state index is 0.138. The maximum Gasteiger partial charge on any atom is 0.256 e. The molecule has 0 N–H and O–H groups in total. The van der Waals surface area contributed by atoms with Gasteiger partial charge in [-0.15, -0.1) is 0 Å². The minimum atomic E-state index is -0.142. The van der Waals surface area contributed by atoms with Crippen molar-refractivity contribution < 1.29 is 9.47 Å². The largest absolute Gasteiger partial charge is 0.456 e. The van der Waals surface area contributed by atoms with E-state index in [0.29, 0.717) is 35.5 Å². The van der Waals surface area contributed by atoms with Crippen LogP contribution in [0, 0.1) is 0 Å². The third kappa shape index (κ3) is 8.89. The highest BCUT2D eigenvalue weighted by Crippen LogP contribution is 2.53. The van der Waals surface area contributed by atoms with Crippen LogP contribution in [0.4, 0.5) is 17.1 Å². The molecule has 10 aromatic rings. The lowest BCUT2D eigenvalue weighted by molar-refractivity contribution is 0.443. The van der Waals surface area contributed by atoms with Crippen LogP contribution >= 0.6 is 0 Å². The first-order valence-corrected chi connectivity index (χ1v) is 35.5. The van der Waals surface area contributed by atoms with E-state index in [1.54, 1.807) is 0 Å². The van der Waals surface area contributed by atoms with Crippen molar-refractivity contribution in [3.63, 3.8) is 0 Å². The smallest absolute Gasteiger partial charge is 0.256 e. The number of anilines is 3. The minimum Gasteiger partial charge on any atom is -0.456 e. The molecule has 90 heavy (non-hydrogen) atoms. The van der Waals surface area contributed by atoms with E-state index in [2.05, 4.69) is 195 Å². The summed E-state index contributed by atoms with van der Waals surface area (Å²) >= 11 is 0. The molecule has 0 atom stereocenters. The van der Waals surface area contributed by atoms with Crippen LogP contribution in [0.3, 0.4) is 0 Å². The van der Waals surface area contributed by atoms with E-state index in [1.165, 1.54) is 250 Å². The molecular weight excluding hydrogens is 1090 g/mol. The molecule has 8 aliphatic rings. The molecule has 0 bridgehead atoms. The Morgan fingerprint density at radius 2 is 0.800 bits per heavy atom. The van der Waals surface area contributed by atoms with E-state index in [0.717, 1.165) is 34.4 Å². The van der Waals surface area contributed by atoms with Crippen molar-refractivity contribution in [1.29, 1.82) is 0 Å². The van der Waals surface area contributed by atoms with Crippen molar-refractivity contribution in [2.75, 3.05) is 4.90 Å². The van der Waals surface area contributed by atoms with Gasteiger partial charge in [-0.1, -0.05) is 214 Å². The zero-order chi connectivity index (χ0) is 59.9. The number of fused-ring (bicyclic) bond motifs is 13. The first-order chi connectivity index (χ1) is 44.3. The fourth-order valence-electron chi connectivity index (χ4n) is 18.7. The molecule has 4 fully saturated rings. The maximum atomic E-state index is 8.09. The molecule has 9 aromatic carbocycles. The second kappa shape index (κ2) is 22.0. The van der Waals surface area contributed by atoms with Crippen LogP contribution in [0.5, 0.6) is 23.0 Å². The predicted octanol–water partition coefficient (Wildman–Crippen LogP) is 19.9. The van der Waals surface area contributed by atoms with Gasteiger partial charge in [-0.2, -0.15) is 0 Å². The SMILES string of the molecule is CC(C)c1ccc(-c2ccc3c(c2)B2c4cc(C5CCCCC5)ccc4N(c4ccc(C5CCCCC5)cc4)c4c5c6c(c(c42)O3)-n2c3ccc(C4CCCCC4)cc3c3cc(C4CCCCC4)cc(c32)B6c2cc(-c3ccc(C(C)C)cc3)ccc2O5)cc1. The Bertz CT molecular complexity index is 4470. The van der Waals surface area contributed by atoms with Gasteiger partial charge in [0.05, 0.1) is 16.9 Å². The summed E-state index contributed by atoms with van der Waals surface area (Å²) in [6.45, 7) is 8.89. The Labute approximate surface area is 534 Å². The highest BCUT2D eigenvalue weighted by molar-refractivity contribution is 7.02. The zero-order valence-electron chi connectivity index (χ0n) is 53.5. The van der Waals surface area contributed by atoms with Crippen molar-refractivity contribution in [1.82, 2.24) is 4.57 Å². The first kappa shape index (κ1) is 55.2. The van der Waals surface area contributed by atoms with E-state index in [1.807, 2.05) is 0 Å². The third-order valence-corrected chi connectivity index (χ3v) is 23.7. The lowest BCUT2D eigenvalue weighted by Gasteiger charge is -2.45. The molecule has 448 valence electrons. The summed E-state index contributed by atoms with van der Waals surface area (Å²) in [5.41, 5.74) is 28.6. The normalized spacial score (nSPS) is 18.1. The second-order valence-corrected chi connectivity index (χ2v) is 29.5. The highest BCUT2D eigenvalue weighted by atomic mass is 16.5. The monoisotopic (exact) mass is 1170 g/mol. The second-order valence-electron chi connectivity index (χ2n) is 29.5. The number of ether oxygens (including phenoxy) is 2.